The fourth-order valence-electron chi connectivity index (χ4n) is 1.18. The van der Waals surface area contributed by atoms with E-state index in [0.29, 0.717) is 11.4 Å². The van der Waals surface area contributed by atoms with Gasteiger partial charge in [-0.3, -0.25) is 15.2 Å². The predicted molar refractivity (Wildman–Crippen MR) is 56.9 cm³/mol. The Morgan fingerprint density at radius 2 is 1.81 bits per heavy atom. The van der Waals surface area contributed by atoms with E-state index in [4.69, 9.17) is 5.84 Å². The number of hydrazine groups is 1. The molecule has 0 radical (unpaired) electrons. The number of rotatable bonds is 2. The van der Waals surface area contributed by atoms with Crippen molar-refractivity contribution in [1.29, 1.82) is 0 Å². The average molecular weight is 215 g/mol. The molecule has 0 aliphatic carbocycles. The molecule has 0 fully saturated rings. The van der Waals surface area contributed by atoms with Gasteiger partial charge in [-0.2, -0.15) is 0 Å². The number of nitrogen functional groups attached to an aromatic ring is 1. The quantitative estimate of drug-likeness (QED) is 0.422. The second kappa shape index (κ2) is 4.45. The smallest absolute Gasteiger partial charge is 0.268 e. The van der Waals surface area contributed by atoms with Crippen LogP contribution >= 0.6 is 0 Å². The van der Waals surface area contributed by atoms with Gasteiger partial charge in [-0.25, -0.2) is 15.8 Å². The summed E-state index contributed by atoms with van der Waals surface area (Å²) in [6.07, 6.45) is 6.15. The van der Waals surface area contributed by atoms with Crippen LogP contribution in [0, 0.1) is 0 Å². The molecular weight excluding hydrogens is 206 g/mol. The van der Waals surface area contributed by atoms with Gasteiger partial charge in [0.05, 0.1) is 5.56 Å². The van der Waals surface area contributed by atoms with Crippen molar-refractivity contribution >= 4 is 5.91 Å². The molecular formula is C10H9N5O. The Bertz CT molecular complexity index is 482. The average Bonchev–Trinajstić information content (AvgIpc) is 2.39. The summed E-state index contributed by atoms with van der Waals surface area (Å²) in [5.74, 6) is 5.11. The van der Waals surface area contributed by atoms with Gasteiger partial charge in [0, 0.05) is 30.4 Å². The van der Waals surface area contributed by atoms with Gasteiger partial charge < -0.3 is 0 Å². The predicted octanol–water partition coefficient (Wildman–Crippen LogP) is 0.142. The molecule has 3 N–H and O–H groups in total. The Labute approximate surface area is 91.5 Å². The second-order valence-electron chi connectivity index (χ2n) is 3.00. The van der Waals surface area contributed by atoms with Crippen molar-refractivity contribution < 1.29 is 4.79 Å². The SMILES string of the molecule is NNC(=O)c1cnc(-c2ccncc2)nc1. The maximum absolute atomic E-state index is 11.1. The van der Waals surface area contributed by atoms with E-state index in [1.54, 1.807) is 24.5 Å². The van der Waals surface area contributed by atoms with Gasteiger partial charge in [-0.1, -0.05) is 0 Å². The molecule has 6 nitrogen and oxygen atoms in total. The summed E-state index contributed by atoms with van der Waals surface area (Å²) in [5.41, 5.74) is 3.17. The molecule has 0 spiro atoms. The minimum absolute atomic E-state index is 0.320. The zero-order valence-electron chi connectivity index (χ0n) is 8.29. The van der Waals surface area contributed by atoms with Gasteiger partial charge in [0.15, 0.2) is 5.82 Å². The zero-order chi connectivity index (χ0) is 11.4. The molecule has 0 saturated heterocycles. The third kappa shape index (κ3) is 2.01. The van der Waals surface area contributed by atoms with Crippen molar-refractivity contribution in [3.63, 3.8) is 0 Å². The minimum Gasteiger partial charge on any atom is -0.290 e. The highest BCUT2D eigenvalue weighted by atomic mass is 16.2. The summed E-state index contributed by atoms with van der Waals surface area (Å²) in [6, 6.07) is 3.58. The van der Waals surface area contributed by atoms with Crippen molar-refractivity contribution in [1.82, 2.24) is 20.4 Å². The third-order valence-electron chi connectivity index (χ3n) is 1.98. The van der Waals surface area contributed by atoms with E-state index in [9.17, 15) is 4.79 Å². The van der Waals surface area contributed by atoms with Crippen molar-refractivity contribution in [2.75, 3.05) is 0 Å². The highest BCUT2D eigenvalue weighted by Gasteiger charge is 2.05. The van der Waals surface area contributed by atoms with Crippen LogP contribution < -0.4 is 11.3 Å². The molecule has 1 amide bonds. The molecule has 80 valence electrons. The molecule has 0 bridgehead atoms. The molecule has 2 rings (SSSR count). The lowest BCUT2D eigenvalue weighted by Crippen LogP contribution is -2.30. The molecule has 0 aromatic carbocycles. The van der Waals surface area contributed by atoms with Crippen LogP contribution in [-0.2, 0) is 0 Å². The number of carbonyl (C=O) groups excluding carboxylic acids is 1. The largest absolute Gasteiger partial charge is 0.290 e. The van der Waals surface area contributed by atoms with Crippen LogP contribution in [-0.4, -0.2) is 20.9 Å². The Morgan fingerprint density at radius 3 is 2.38 bits per heavy atom. The standard InChI is InChI=1S/C10H9N5O/c11-15-10(16)8-5-13-9(14-6-8)7-1-3-12-4-2-7/h1-6H,11H2,(H,15,16). The minimum atomic E-state index is -0.415. The van der Waals surface area contributed by atoms with Crippen LogP contribution in [0.1, 0.15) is 10.4 Å². The second-order valence-corrected chi connectivity index (χ2v) is 3.00. The van der Waals surface area contributed by atoms with Crippen LogP contribution in [0.2, 0.25) is 0 Å². The van der Waals surface area contributed by atoms with Gasteiger partial charge in [0.2, 0.25) is 0 Å². The maximum atomic E-state index is 11.1. The number of hydrogen-bond acceptors (Lipinski definition) is 5. The summed E-state index contributed by atoms with van der Waals surface area (Å²) >= 11 is 0. The normalized spacial score (nSPS) is 9.81. The summed E-state index contributed by atoms with van der Waals surface area (Å²) in [4.78, 5) is 23.2. The lowest BCUT2D eigenvalue weighted by Gasteiger charge is -2.01. The third-order valence-corrected chi connectivity index (χ3v) is 1.98. The highest BCUT2D eigenvalue weighted by Crippen LogP contribution is 2.11. The number of amides is 1. The van der Waals surface area contributed by atoms with Crippen LogP contribution in [0.15, 0.2) is 36.9 Å². The monoisotopic (exact) mass is 215 g/mol. The van der Waals surface area contributed by atoms with Crippen LogP contribution in [0.5, 0.6) is 0 Å². The zero-order valence-corrected chi connectivity index (χ0v) is 8.29. The lowest BCUT2D eigenvalue weighted by atomic mass is 10.2. The van der Waals surface area contributed by atoms with Gasteiger partial charge in [0.1, 0.15) is 0 Å². The molecule has 0 saturated carbocycles. The highest BCUT2D eigenvalue weighted by molar-refractivity contribution is 5.93. The van der Waals surface area contributed by atoms with Gasteiger partial charge in [-0.15, -0.1) is 0 Å². The van der Waals surface area contributed by atoms with Crippen molar-refractivity contribution in [3.05, 3.63) is 42.5 Å². The van der Waals surface area contributed by atoms with E-state index in [0.717, 1.165) is 5.56 Å². The molecule has 2 aromatic heterocycles. The fraction of sp³-hybridized carbons (Fsp3) is 0. The first-order valence-corrected chi connectivity index (χ1v) is 4.54. The molecule has 2 heterocycles. The molecule has 0 aliphatic rings. The van der Waals surface area contributed by atoms with Crippen LogP contribution in [0.3, 0.4) is 0 Å². The maximum Gasteiger partial charge on any atom is 0.268 e. The van der Waals surface area contributed by atoms with E-state index < -0.39 is 5.91 Å². The number of nitrogens with one attached hydrogen (secondary N) is 1. The first-order chi connectivity index (χ1) is 7.81. The molecule has 2 aromatic rings. The molecule has 0 unspecified atom stereocenters. The van der Waals surface area contributed by atoms with E-state index >= 15 is 0 Å². The Balaban J connectivity index is 2.30. The van der Waals surface area contributed by atoms with Crippen LogP contribution in [0.25, 0.3) is 11.4 Å². The van der Waals surface area contributed by atoms with Crippen LogP contribution in [0.4, 0.5) is 0 Å². The number of hydrogen-bond donors (Lipinski definition) is 2. The molecule has 0 atom stereocenters. The van der Waals surface area contributed by atoms with E-state index in [1.165, 1.54) is 12.4 Å². The lowest BCUT2D eigenvalue weighted by molar-refractivity contribution is 0.0953. The van der Waals surface area contributed by atoms with Crippen molar-refractivity contribution in [3.8, 4) is 11.4 Å². The van der Waals surface area contributed by atoms with Gasteiger partial charge >= 0.3 is 0 Å². The number of aromatic nitrogens is 3. The number of carbonyl (C=O) groups is 1. The summed E-state index contributed by atoms with van der Waals surface area (Å²) in [6.45, 7) is 0. The first-order valence-electron chi connectivity index (χ1n) is 4.54. The number of nitrogens with zero attached hydrogens (tertiary/aromatic N) is 3. The van der Waals surface area contributed by atoms with E-state index in [2.05, 4.69) is 15.0 Å². The summed E-state index contributed by atoms with van der Waals surface area (Å²) < 4.78 is 0. The molecule has 0 aliphatic heterocycles. The van der Waals surface area contributed by atoms with Gasteiger partial charge in [-0.05, 0) is 12.1 Å². The number of pyridine rings is 1. The van der Waals surface area contributed by atoms with E-state index in [-0.39, 0.29) is 0 Å². The van der Waals surface area contributed by atoms with Gasteiger partial charge in [0.25, 0.3) is 5.91 Å². The Morgan fingerprint density at radius 1 is 1.19 bits per heavy atom. The summed E-state index contributed by atoms with van der Waals surface area (Å²) in [7, 11) is 0. The van der Waals surface area contributed by atoms with Crippen molar-refractivity contribution in [2.24, 2.45) is 5.84 Å². The Kier molecular flexibility index (Phi) is 2.84. The topological polar surface area (TPSA) is 93.8 Å². The first kappa shape index (κ1) is 10.2. The fourth-order valence-corrected chi connectivity index (χ4v) is 1.18. The Hall–Kier alpha value is -2.34. The summed E-state index contributed by atoms with van der Waals surface area (Å²) in [5, 5.41) is 0. The number of nitrogens with two attached hydrogens (primary N) is 1. The molecule has 16 heavy (non-hydrogen) atoms. The van der Waals surface area contributed by atoms with Crippen molar-refractivity contribution in [2.45, 2.75) is 0 Å². The molecule has 6 heteroatoms. The van der Waals surface area contributed by atoms with E-state index in [1.807, 2.05) is 5.43 Å².